The number of nitrogens with zero attached hydrogens (tertiary/aromatic N) is 1. The first kappa shape index (κ1) is 23.2. The molecule has 0 radical (unpaired) electrons. The highest BCUT2D eigenvalue weighted by Crippen LogP contribution is 2.41. The first-order valence-corrected chi connectivity index (χ1v) is 9.30. The van der Waals surface area contributed by atoms with Crippen LogP contribution in [0.1, 0.15) is 25.0 Å². The van der Waals surface area contributed by atoms with Crippen LogP contribution >= 0.6 is 0 Å². The summed E-state index contributed by atoms with van der Waals surface area (Å²) in [6.07, 6.45) is -1.62. The lowest BCUT2D eigenvalue weighted by Crippen LogP contribution is -2.22. The van der Waals surface area contributed by atoms with Gasteiger partial charge in [-0.25, -0.2) is 22.0 Å². The molecule has 0 unspecified atom stereocenters. The zero-order chi connectivity index (χ0) is 22.4. The number of allylic oxidation sites excluding steroid dienone is 3. The summed E-state index contributed by atoms with van der Waals surface area (Å²) in [5, 5.41) is 0. The van der Waals surface area contributed by atoms with E-state index in [9.17, 15) is 22.0 Å². The van der Waals surface area contributed by atoms with Gasteiger partial charge in [0.2, 0.25) is 0 Å². The molecule has 30 heavy (non-hydrogen) atoms. The second-order valence-corrected chi connectivity index (χ2v) is 6.09. The Kier molecular flexibility index (Phi) is 7.80. The van der Waals surface area contributed by atoms with E-state index in [1.54, 1.807) is 30.3 Å². The van der Waals surface area contributed by atoms with Gasteiger partial charge in [0, 0.05) is 24.8 Å². The molecule has 0 aromatic heterocycles. The predicted molar refractivity (Wildman–Crippen MR) is 109 cm³/mol. The van der Waals surface area contributed by atoms with E-state index in [0.717, 1.165) is 18.2 Å². The minimum atomic E-state index is -2.78. The summed E-state index contributed by atoms with van der Waals surface area (Å²) in [5.74, 6) is -3.05. The lowest BCUT2D eigenvalue weighted by Gasteiger charge is -2.31. The van der Waals surface area contributed by atoms with Gasteiger partial charge in [-0.15, -0.1) is 0 Å². The van der Waals surface area contributed by atoms with E-state index in [2.05, 4.69) is 6.58 Å². The lowest BCUT2D eigenvalue weighted by atomic mass is 9.94. The average molecular weight is 423 g/mol. The van der Waals surface area contributed by atoms with Crippen LogP contribution in [0.3, 0.4) is 0 Å². The van der Waals surface area contributed by atoms with Crippen LogP contribution in [0.5, 0.6) is 5.75 Å². The van der Waals surface area contributed by atoms with Crippen molar-refractivity contribution >= 4 is 11.3 Å². The van der Waals surface area contributed by atoms with Crippen molar-refractivity contribution in [2.24, 2.45) is 0 Å². The molecule has 1 aliphatic heterocycles. The normalized spacial score (nSPS) is 13.8. The Morgan fingerprint density at radius 3 is 2.10 bits per heavy atom. The summed E-state index contributed by atoms with van der Waals surface area (Å²) in [6.45, 7) is 6.62. The van der Waals surface area contributed by atoms with Gasteiger partial charge in [0.25, 0.3) is 6.43 Å². The fraction of sp³-hybridized carbons (Fsp3) is 0.217. The molecule has 3 rings (SSSR count). The van der Waals surface area contributed by atoms with Gasteiger partial charge in [-0.3, -0.25) is 0 Å². The van der Waals surface area contributed by atoms with Crippen LogP contribution in [-0.4, -0.2) is 25.0 Å². The molecule has 0 bridgehead atoms. The van der Waals surface area contributed by atoms with Crippen LogP contribution in [0, 0.1) is 11.6 Å². The van der Waals surface area contributed by atoms with E-state index in [4.69, 9.17) is 4.74 Å². The standard InChI is InChI=1S/C21H16F5NO.C2H6/c1-12-16(22)10-15(13-6-4-3-5-7-13)21(27(12)2)20-17(23)8-14(9-18(20)24)28-11-19(25)26;1-2/h3-10,19H,1,11H2,2H3;1-2H3. The molecular weight excluding hydrogens is 401 g/mol. The van der Waals surface area contributed by atoms with Crippen LogP contribution in [0.25, 0.3) is 11.3 Å². The Balaban J connectivity index is 0.00000155. The monoisotopic (exact) mass is 423 g/mol. The maximum atomic E-state index is 14.8. The first-order valence-electron chi connectivity index (χ1n) is 9.30. The highest BCUT2D eigenvalue weighted by molar-refractivity contribution is 5.97. The van der Waals surface area contributed by atoms with Gasteiger partial charge in [-0.2, -0.15) is 0 Å². The molecule has 0 saturated carbocycles. The highest BCUT2D eigenvalue weighted by atomic mass is 19.3. The molecule has 160 valence electrons. The molecule has 0 fully saturated rings. The molecule has 0 atom stereocenters. The van der Waals surface area contributed by atoms with Crippen molar-refractivity contribution in [3.8, 4) is 5.75 Å². The van der Waals surface area contributed by atoms with Crippen LogP contribution in [0.15, 0.2) is 66.6 Å². The molecule has 2 aromatic carbocycles. The van der Waals surface area contributed by atoms with Crippen molar-refractivity contribution in [2.45, 2.75) is 20.3 Å². The van der Waals surface area contributed by atoms with E-state index >= 15 is 0 Å². The zero-order valence-corrected chi connectivity index (χ0v) is 16.9. The van der Waals surface area contributed by atoms with Gasteiger partial charge in [-0.1, -0.05) is 50.8 Å². The molecule has 1 aliphatic rings. The molecule has 0 saturated heterocycles. The van der Waals surface area contributed by atoms with Crippen LogP contribution in [0.2, 0.25) is 0 Å². The molecule has 2 aromatic rings. The summed E-state index contributed by atoms with van der Waals surface area (Å²) in [4.78, 5) is 1.25. The third-order valence-corrected chi connectivity index (χ3v) is 4.26. The van der Waals surface area contributed by atoms with Crippen LogP contribution in [0.4, 0.5) is 22.0 Å². The topological polar surface area (TPSA) is 12.5 Å². The van der Waals surface area contributed by atoms with Crippen LogP contribution in [-0.2, 0) is 0 Å². The number of likely N-dealkylation sites (N-methyl/N-ethyl adjacent to an activating group) is 1. The maximum Gasteiger partial charge on any atom is 0.272 e. The summed E-state index contributed by atoms with van der Waals surface area (Å²) in [5.41, 5.74) is 0.367. The smallest absolute Gasteiger partial charge is 0.272 e. The lowest BCUT2D eigenvalue weighted by molar-refractivity contribution is 0.0815. The van der Waals surface area contributed by atoms with Crippen molar-refractivity contribution in [3.05, 3.63) is 89.4 Å². The average Bonchev–Trinajstić information content (AvgIpc) is 2.73. The Labute approximate surface area is 172 Å². The number of alkyl halides is 2. The minimum absolute atomic E-state index is 0.0630. The largest absolute Gasteiger partial charge is 0.487 e. The van der Waals surface area contributed by atoms with E-state index in [-0.39, 0.29) is 22.7 Å². The van der Waals surface area contributed by atoms with Gasteiger partial charge in [-0.05, 0) is 11.6 Å². The third-order valence-electron chi connectivity index (χ3n) is 4.26. The number of halogens is 5. The zero-order valence-electron chi connectivity index (χ0n) is 16.9. The predicted octanol–water partition coefficient (Wildman–Crippen LogP) is 6.82. The number of hydrogen-bond donors (Lipinski definition) is 0. The fourth-order valence-electron chi connectivity index (χ4n) is 2.91. The molecule has 0 amide bonds. The Morgan fingerprint density at radius 1 is 1.00 bits per heavy atom. The van der Waals surface area contributed by atoms with Crippen molar-refractivity contribution < 1.29 is 26.7 Å². The van der Waals surface area contributed by atoms with E-state index < -0.39 is 36.1 Å². The SMILES string of the molecule is C=C1C(F)=CC(c2ccccc2)=C(c2c(F)cc(OCC(F)F)cc2F)N1C.CC. The molecule has 0 spiro atoms. The fourth-order valence-corrected chi connectivity index (χ4v) is 2.91. The highest BCUT2D eigenvalue weighted by Gasteiger charge is 2.28. The molecule has 7 heteroatoms. The van der Waals surface area contributed by atoms with Gasteiger partial charge < -0.3 is 9.64 Å². The number of benzene rings is 2. The van der Waals surface area contributed by atoms with Crippen molar-refractivity contribution in [1.82, 2.24) is 4.90 Å². The molecule has 0 aliphatic carbocycles. The number of hydrogen-bond acceptors (Lipinski definition) is 2. The summed E-state index contributed by atoms with van der Waals surface area (Å²) in [6, 6.07) is 10.2. The van der Waals surface area contributed by atoms with Crippen molar-refractivity contribution in [3.63, 3.8) is 0 Å². The van der Waals surface area contributed by atoms with E-state index in [0.29, 0.717) is 5.56 Å². The molecule has 2 nitrogen and oxygen atoms in total. The Hall–Kier alpha value is -3.09. The van der Waals surface area contributed by atoms with E-state index in [1.807, 2.05) is 13.8 Å². The van der Waals surface area contributed by atoms with Crippen molar-refractivity contribution in [1.29, 1.82) is 0 Å². The molecule has 1 heterocycles. The third kappa shape index (κ3) is 4.90. The first-order chi connectivity index (χ1) is 14.3. The summed E-state index contributed by atoms with van der Waals surface area (Å²) in [7, 11) is 1.44. The second kappa shape index (κ2) is 10.1. The minimum Gasteiger partial charge on any atom is -0.487 e. The van der Waals surface area contributed by atoms with Crippen LogP contribution < -0.4 is 4.74 Å². The quantitative estimate of drug-likeness (QED) is 0.490. The van der Waals surface area contributed by atoms with Gasteiger partial charge in [0.1, 0.15) is 29.8 Å². The maximum absolute atomic E-state index is 14.8. The van der Waals surface area contributed by atoms with Crippen molar-refractivity contribution in [2.75, 3.05) is 13.7 Å². The van der Waals surface area contributed by atoms with Gasteiger partial charge >= 0.3 is 0 Å². The Bertz CT molecular complexity index is 944. The molecule has 0 N–H and O–H groups in total. The summed E-state index contributed by atoms with van der Waals surface area (Å²) >= 11 is 0. The number of ether oxygens (including phenoxy) is 1. The number of rotatable bonds is 5. The van der Waals surface area contributed by atoms with E-state index in [1.165, 1.54) is 11.9 Å². The Morgan fingerprint density at radius 2 is 1.57 bits per heavy atom. The molecular formula is C23H22F5NO. The second-order valence-electron chi connectivity index (χ2n) is 6.09. The van der Waals surface area contributed by atoms with Gasteiger partial charge in [0.05, 0.1) is 17.0 Å². The summed E-state index contributed by atoms with van der Waals surface area (Å²) < 4.78 is 73.2. The van der Waals surface area contributed by atoms with Gasteiger partial charge in [0.15, 0.2) is 0 Å².